The Bertz CT molecular complexity index is 416. The van der Waals surface area contributed by atoms with E-state index in [2.05, 4.69) is 41.1 Å². The lowest BCUT2D eigenvalue weighted by Gasteiger charge is -2.26. The summed E-state index contributed by atoms with van der Waals surface area (Å²) in [6.45, 7) is 5.97. The Balaban J connectivity index is 0.000000160. The summed E-state index contributed by atoms with van der Waals surface area (Å²) in [7, 11) is 3.94. The molecule has 0 bridgehead atoms. The summed E-state index contributed by atoms with van der Waals surface area (Å²) < 4.78 is 5.01. The number of methoxy groups -OCH3 is 1. The van der Waals surface area contributed by atoms with E-state index in [0.717, 1.165) is 6.61 Å². The maximum absolute atomic E-state index is 5.01. The van der Waals surface area contributed by atoms with E-state index in [9.17, 15) is 0 Å². The van der Waals surface area contributed by atoms with Gasteiger partial charge in [0, 0.05) is 39.5 Å². The van der Waals surface area contributed by atoms with Crippen LogP contribution in [0.1, 0.15) is 37.7 Å². The van der Waals surface area contributed by atoms with Gasteiger partial charge in [-0.1, -0.05) is 24.6 Å². The van der Waals surface area contributed by atoms with Gasteiger partial charge < -0.3 is 14.5 Å². The van der Waals surface area contributed by atoms with Gasteiger partial charge in [-0.3, -0.25) is 0 Å². The molecular weight excluding hydrogens is 272 g/mol. The number of ether oxygens (including phenoxy) is 1. The van der Waals surface area contributed by atoms with E-state index in [-0.39, 0.29) is 0 Å². The molecule has 0 atom stereocenters. The summed E-state index contributed by atoms with van der Waals surface area (Å²) >= 11 is 0. The van der Waals surface area contributed by atoms with Crippen LogP contribution in [0.4, 0.5) is 5.69 Å². The van der Waals surface area contributed by atoms with Crippen LogP contribution in [-0.2, 0) is 11.2 Å². The average molecular weight is 304 g/mol. The topological polar surface area (TPSA) is 15.7 Å². The van der Waals surface area contributed by atoms with Crippen molar-refractivity contribution in [1.82, 2.24) is 4.90 Å². The third-order valence-corrected chi connectivity index (χ3v) is 4.61. The third-order valence-electron chi connectivity index (χ3n) is 4.61. The minimum absolute atomic E-state index is 0.913. The molecule has 1 aromatic rings. The molecular formula is C19H32N2O. The van der Waals surface area contributed by atoms with Crippen LogP contribution >= 0.6 is 0 Å². The number of likely N-dealkylation sites (tertiary alicyclic amines) is 1. The molecule has 2 heterocycles. The average Bonchev–Trinajstić information content (AvgIpc) is 2.57. The fraction of sp³-hybridized carbons (Fsp3) is 0.684. The molecule has 0 saturated carbocycles. The highest BCUT2D eigenvalue weighted by atomic mass is 16.5. The Hall–Kier alpha value is -1.06. The number of nitrogens with zero attached hydrogens (tertiary/aromatic N) is 2. The minimum Gasteiger partial charge on any atom is -0.385 e. The first-order valence-electron chi connectivity index (χ1n) is 8.81. The number of rotatable bonds is 4. The Morgan fingerprint density at radius 3 is 2.50 bits per heavy atom. The van der Waals surface area contributed by atoms with Crippen LogP contribution in [0.5, 0.6) is 0 Å². The van der Waals surface area contributed by atoms with E-state index in [1.54, 1.807) is 7.11 Å². The second-order valence-electron chi connectivity index (χ2n) is 6.40. The van der Waals surface area contributed by atoms with E-state index in [1.807, 2.05) is 0 Å². The fourth-order valence-electron chi connectivity index (χ4n) is 3.34. The second kappa shape index (κ2) is 9.86. The van der Waals surface area contributed by atoms with Crippen molar-refractivity contribution < 1.29 is 4.74 Å². The minimum atomic E-state index is 0.913. The molecule has 0 aromatic heterocycles. The molecule has 3 heteroatoms. The number of hydrogen-bond acceptors (Lipinski definition) is 3. The monoisotopic (exact) mass is 304 g/mol. The van der Waals surface area contributed by atoms with Gasteiger partial charge in [0.25, 0.3) is 0 Å². The lowest BCUT2D eigenvalue weighted by atomic mass is 10.0. The smallest absolute Gasteiger partial charge is 0.0474 e. The summed E-state index contributed by atoms with van der Waals surface area (Å²) in [5, 5.41) is 0. The van der Waals surface area contributed by atoms with Gasteiger partial charge >= 0.3 is 0 Å². The van der Waals surface area contributed by atoms with Crippen LogP contribution in [0.15, 0.2) is 24.3 Å². The number of benzene rings is 1. The molecule has 22 heavy (non-hydrogen) atoms. The quantitative estimate of drug-likeness (QED) is 0.791. The zero-order valence-corrected chi connectivity index (χ0v) is 14.4. The van der Waals surface area contributed by atoms with Crippen molar-refractivity contribution in [3.63, 3.8) is 0 Å². The Labute approximate surface area is 136 Å². The first-order chi connectivity index (χ1) is 10.8. The molecule has 3 nitrogen and oxygen atoms in total. The number of fused-ring (bicyclic) bond motifs is 1. The maximum atomic E-state index is 5.01. The Morgan fingerprint density at radius 2 is 1.77 bits per heavy atom. The largest absolute Gasteiger partial charge is 0.385 e. The number of para-hydroxylation sites is 1. The fourth-order valence-corrected chi connectivity index (χ4v) is 3.34. The Morgan fingerprint density at radius 1 is 1.00 bits per heavy atom. The normalized spacial score (nSPS) is 18.4. The molecule has 0 unspecified atom stereocenters. The highest BCUT2D eigenvalue weighted by Crippen LogP contribution is 2.24. The molecule has 1 saturated heterocycles. The lowest BCUT2D eigenvalue weighted by molar-refractivity contribution is 0.162. The van der Waals surface area contributed by atoms with Gasteiger partial charge in [-0.25, -0.2) is 0 Å². The first kappa shape index (κ1) is 17.3. The van der Waals surface area contributed by atoms with Crippen LogP contribution in [0.25, 0.3) is 0 Å². The molecule has 0 N–H and O–H groups in total. The molecule has 2 aliphatic rings. The molecule has 0 spiro atoms. The van der Waals surface area contributed by atoms with Gasteiger partial charge in [-0.2, -0.15) is 0 Å². The highest BCUT2D eigenvalue weighted by Gasteiger charge is 2.11. The maximum Gasteiger partial charge on any atom is 0.0474 e. The molecule has 0 radical (unpaired) electrons. The predicted molar refractivity (Wildman–Crippen MR) is 94.8 cm³/mol. The van der Waals surface area contributed by atoms with Crippen LogP contribution in [-0.4, -0.2) is 51.8 Å². The Kier molecular flexibility index (Phi) is 7.75. The number of piperidine rings is 1. The van der Waals surface area contributed by atoms with Gasteiger partial charge in [0.2, 0.25) is 0 Å². The standard InChI is InChI=1S/C10H13N.C9H19NO/c1-11-8-4-6-9-5-2-3-7-10(9)11;1-11-9-5-8-10-6-3-2-4-7-10/h2-3,5,7H,4,6,8H2,1H3;2-9H2,1H3. The lowest BCUT2D eigenvalue weighted by Crippen LogP contribution is -2.31. The number of anilines is 1. The van der Waals surface area contributed by atoms with Crippen molar-refractivity contribution in [3.05, 3.63) is 29.8 Å². The van der Waals surface area contributed by atoms with E-state index >= 15 is 0 Å². The highest BCUT2D eigenvalue weighted by molar-refractivity contribution is 5.54. The zero-order valence-electron chi connectivity index (χ0n) is 14.4. The first-order valence-corrected chi connectivity index (χ1v) is 8.81. The van der Waals surface area contributed by atoms with Crippen LogP contribution in [0.2, 0.25) is 0 Å². The number of hydrogen-bond donors (Lipinski definition) is 0. The van der Waals surface area contributed by atoms with E-state index in [4.69, 9.17) is 4.74 Å². The summed E-state index contributed by atoms with van der Waals surface area (Å²) in [4.78, 5) is 4.88. The van der Waals surface area contributed by atoms with Crippen LogP contribution in [0, 0.1) is 0 Å². The SMILES string of the molecule is CN1CCCc2ccccc21.COCCCN1CCCCC1. The summed E-state index contributed by atoms with van der Waals surface area (Å²) in [6, 6.07) is 8.66. The van der Waals surface area contributed by atoms with Gasteiger partial charge in [-0.15, -0.1) is 0 Å². The molecule has 0 amide bonds. The molecule has 1 aromatic carbocycles. The van der Waals surface area contributed by atoms with Crippen molar-refractivity contribution in [2.45, 2.75) is 38.5 Å². The molecule has 2 aliphatic heterocycles. The van der Waals surface area contributed by atoms with Gasteiger partial charge in [0.15, 0.2) is 0 Å². The van der Waals surface area contributed by atoms with E-state index in [0.29, 0.717) is 0 Å². The summed E-state index contributed by atoms with van der Waals surface area (Å²) in [5.74, 6) is 0. The predicted octanol–water partition coefficient (Wildman–Crippen LogP) is 3.58. The molecule has 3 rings (SSSR count). The van der Waals surface area contributed by atoms with Crippen LogP contribution in [0.3, 0.4) is 0 Å². The van der Waals surface area contributed by atoms with Gasteiger partial charge in [-0.05, 0) is 56.8 Å². The van der Waals surface area contributed by atoms with E-state index < -0.39 is 0 Å². The third kappa shape index (κ3) is 5.62. The van der Waals surface area contributed by atoms with Crippen molar-refractivity contribution >= 4 is 5.69 Å². The van der Waals surface area contributed by atoms with Gasteiger partial charge in [0.1, 0.15) is 0 Å². The van der Waals surface area contributed by atoms with Crippen molar-refractivity contribution in [3.8, 4) is 0 Å². The summed E-state index contributed by atoms with van der Waals surface area (Å²) in [6.07, 6.45) is 7.96. The van der Waals surface area contributed by atoms with E-state index in [1.165, 1.54) is 76.0 Å². The molecule has 124 valence electrons. The molecule has 1 fully saturated rings. The number of aryl methyl sites for hydroxylation is 1. The van der Waals surface area contributed by atoms with Crippen molar-refractivity contribution in [1.29, 1.82) is 0 Å². The molecule has 0 aliphatic carbocycles. The van der Waals surface area contributed by atoms with Crippen molar-refractivity contribution in [2.24, 2.45) is 0 Å². The van der Waals surface area contributed by atoms with Crippen LogP contribution < -0.4 is 4.90 Å². The zero-order chi connectivity index (χ0) is 15.6. The summed E-state index contributed by atoms with van der Waals surface area (Å²) in [5.41, 5.74) is 2.92. The van der Waals surface area contributed by atoms with Crippen molar-refractivity contribution in [2.75, 3.05) is 51.8 Å². The second-order valence-corrected chi connectivity index (χ2v) is 6.40. The van der Waals surface area contributed by atoms with Gasteiger partial charge in [0.05, 0.1) is 0 Å².